The van der Waals surface area contributed by atoms with Crippen LogP contribution in [0.15, 0.2) is 0 Å². The van der Waals surface area contributed by atoms with E-state index in [-0.39, 0.29) is 31.0 Å². The fraction of sp³-hybridized carbons (Fsp3) is 0.667. The average molecular weight is 354 g/mol. The van der Waals surface area contributed by atoms with Crippen molar-refractivity contribution in [2.75, 3.05) is 13.2 Å². The molecule has 0 radical (unpaired) electrons. The Bertz CT molecular complexity index is 678. The number of hydrogen-bond acceptors (Lipinski definition) is 6. The minimum Gasteiger partial charge on any atom is -0.481 e. The average Bonchev–Trinajstić information content (AvgIpc) is 2.79. The largest absolute Gasteiger partial charge is 0.481 e. The number of amides is 1. The van der Waals surface area contributed by atoms with Crippen molar-refractivity contribution in [2.45, 2.75) is 51.6 Å². The second-order valence-electron chi connectivity index (χ2n) is 6.26. The summed E-state index contributed by atoms with van der Waals surface area (Å²) in [5, 5.41) is 27.0. The van der Waals surface area contributed by atoms with Gasteiger partial charge in [0.25, 0.3) is 0 Å². The number of rotatable bonds is 7. The van der Waals surface area contributed by atoms with Gasteiger partial charge in [-0.25, -0.2) is 0 Å². The summed E-state index contributed by atoms with van der Waals surface area (Å²) >= 11 is 0. The van der Waals surface area contributed by atoms with Crippen LogP contribution in [0.1, 0.15) is 37.1 Å². The van der Waals surface area contributed by atoms with Gasteiger partial charge in [-0.3, -0.25) is 24.4 Å². The summed E-state index contributed by atoms with van der Waals surface area (Å²) in [6.45, 7) is 4.12. The van der Waals surface area contributed by atoms with Gasteiger partial charge in [0.1, 0.15) is 11.4 Å². The molecule has 10 heteroatoms. The highest BCUT2D eigenvalue weighted by Gasteiger charge is 2.36. The molecule has 0 bridgehead atoms. The molecule has 0 aromatic carbocycles. The van der Waals surface area contributed by atoms with Gasteiger partial charge in [0.15, 0.2) is 0 Å². The predicted octanol–water partition coefficient (Wildman–Crippen LogP) is 0.938. The molecule has 25 heavy (non-hydrogen) atoms. The Labute approximate surface area is 144 Å². The highest BCUT2D eigenvalue weighted by molar-refractivity contribution is 5.78. The molecular formula is C15H22N4O6. The first-order chi connectivity index (χ1) is 11.7. The molecule has 10 nitrogen and oxygen atoms in total. The van der Waals surface area contributed by atoms with Crippen LogP contribution in [0.25, 0.3) is 0 Å². The fourth-order valence-electron chi connectivity index (χ4n) is 3.13. The molecule has 2 heterocycles. The maximum atomic E-state index is 12.3. The van der Waals surface area contributed by atoms with Crippen molar-refractivity contribution in [1.82, 2.24) is 15.1 Å². The van der Waals surface area contributed by atoms with E-state index in [9.17, 15) is 19.7 Å². The fourth-order valence-corrected chi connectivity index (χ4v) is 3.13. The Morgan fingerprint density at radius 2 is 2.04 bits per heavy atom. The van der Waals surface area contributed by atoms with E-state index < -0.39 is 16.4 Å². The third-order valence-corrected chi connectivity index (χ3v) is 4.42. The van der Waals surface area contributed by atoms with Crippen LogP contribution in [0.2, 0.25) is 0 Å². The van der Waals surface area contributed by atoms with E-state index in [0.717, 1.165) is 0 Å². The predicted molar refractivity (Wildman–Crippen MR) is 86.2 cm³/mol. The van der Waals surface area contributed by atoms with Crippen molar-refractivity contribution in [3.8, 4) is 0 Å². The molecule has 2 N–H and O–H groups in total. The number of nitrogens with zero attached hydrogens (tertiary/aromatic N) is 3. The molecule has 1 aliphatic heterocycles. The van der Waals surface area contributed by atoms with Gasteiger partial charge < -0.3 is 15.2 Å². The number of aryl methyl sites for hydroxylation is 2. The molecule has 1 saturated heterocycles. The highest BCUT2D eigenvalue weighted by atomic mass is 16.6. The number of aromatic nitrogens is 2. The number of hydrogen-bond donors (Lipinski definition) is 2. The van der Waals surface area contributed by atoms with Gasteiger partial charge in [0.2, 0.25) is 5.91 Å². The number of carbonyl (C=O) groups is 2. The Morgan fingerprint density at radius 3 is 2.56 bits per heavy atom. The standard InChI is InChI=1S/C15H22N4O6/c1-10-14(19(23)24)11(2)18(17-10)6-3-12(20)16-15(9-13(21)22)4-7-25-8-5-15/h3-9H2,1-2H3,(H,16,20)(H,21,22). The molecule has 1 fully saturated rings. The molecule has 1 amide bonds. The second kappa shape index (κ2) is 7.60. The molecule has 0 unspecified atom stereocenters. The van der Waals surface area contributed by atoms with Gasteiger partial charge in [-0.1, -0.05) is 0 Å². The van der Waals surface area contributed by atoms with Crippen molar-refractivity contribution in [3.63, 3.8) is 0 Å². The number of ether oxygens (including phenoxy) is 1. The van der Waals surface area contributed by atoms with Gasteiger partial charge in [-0.15, -0.1) is 0 Å². The van der Waals surface area contributed by atoms with Crippen LogP contribution in [0, 0.1) is 24.0 Å². The minimum atomic E-state index is -0.976. The number of nitro groups is 1. The smallest absolute Gasteiger partial charge is 0.312 e. The SMILES string of the molecule is Cc1nn(CCC(=O)NC2(CC(=O)O)CCOCC2)c(C)c1[N+](=O)[O-]. The van der Waals surface area contributed by atoms with Crippen molar-refractivity contribution in [2.24, 2.45) is 0 Å². The van der Waals surface area contributed by atoms with Crippen LogP contribution in [0.3, 0.4) is 0 Å². The highest BCUT2D eigenvalue weighted by Crippen LogP contribution is 2.25. The lowest BCUT2D eigenvalue weighted by Gasteiger charge is -2.36. The molecule has 1 aromatic heterocycles. The Hall–Kier alpha value is -2.49. The van der Waals surface area contributed by atoms with Crippen molar-refractivity contribution < 1.29 is 24.4 Å². The molecule has 1 aliphatic rings. The van der Waals surface area contributed by atoms with Gasteiger partial charge in [0, 0.05) is 19.6 Å². The molecule has 0 atom stereocenters. The lowest BCUT2D eigenvalue weighted by atomic mass is 9.86. The van der Waals surface area contributed by atoms with E-state index in [1.54, 1.807) is 13.8 Å². The Balaban J connectivity index is 2.01. The summed E-state index contributed by atoms with van der Waals surface area (Å²) in [4.78, 5) is 33.9. The van der Waals surface area contributed by atoms with Gasteiger partial charge in [-0.2, -0.15) is 5.10 Å². The van der Waals surface area contributed by atoms with Gasteiger partial charge in [-0.05, 0) is 26.7 Å². The number of nitrogens with one attached hydrogen (secondary N) is 1. The summed E-state index contributed by atoms with van der Waals surface area (Å²) in [6, 6.07) is 0. The zero-order chi connectivity index (χ0) is 18.6. The summed E-state index contributed by atoms with van der Waals surface area (Å²) < 4.78 is 6.68. The van der Waals surface area contributed by atoms with E-state index in [2.05, 4.69) is 10.4 Å². The summed E-state index contributed by atoms with van der Waals surface area (Å²) in [5.41, 5.74) is -0.161. The van der Waals surface area contributed by atoms with Crippen molar-refractivity contribution in [3.05, 3.63) is 21.5 Å². The molecule has 0 saturated carbocycles. The van der Waals surface area contributed by atoms with Crippen LogP contribution in [0.4, 0.5) is 5.69 Å². The normalized spacial score (nSPS) is 16.4. The summed E-state index contributed by atoms with van der Waals surface area (Å²) in [5.74, 6) is -1.28. The third-order valence-electron chi connectivity index (χ3n) is 4.42. The van der Waals surface area contributed by atoms with Crippen LogP contribution < -0.4 is 5.32 Å². The summed E-state index contributed by atoms with van der Waals surface area (Å²) in [7, 11) is 0. The molecule has 2 rings (SSSR count). The first-order valence-corrected chi connectivity index (χ1v) is 8.03. The van der Waals surface area contributed by atoms with Crippen LogP contribution in [-0.2, 0) is 20.9 Å². The van der Waals surface area contributed by atoms with Crippen LogP contribution in [0.5, 0.6) is 0 Å². The zero-order valence-corrected chi connectivity index (χ0v) is 14.3. The zero-order valence-electron chi connectivity index (χ0n) is 14.3. The van der Waals surface area contributed by atoms with E-state index in [0.29, 0.717) is 37.4 Å². The Kier molecular flexibility index (Phi) is 5.73. The monoisotopic (exact) mass is 354 g/mol. The molecular weight excluding hydrogens is 332 g/mol. The number of aliphatic carboxylic acids is 1. The van der Waals surface area contributed by atoms with E-state index in [1.807, 2.05) is 0 Å². The van der Waals surface area contributed by atoms with Gasteiger partial charge >= 0.3 is 11.7 Å². The second-order valence-corrected chi connectivity index (χ2v) is 6.26. The molecule has 1 aromatic rings. The van der Waals surface area contributed by atoms with E-state index in [1.165, 1.54) is 4.68 Å². The van der Waals surface area contributed by atoms with Gasteiger partial charge in [0.05, 0.1) is 23.4 Å². The number of carboxylic acids is 1. The first kappa shape index (κ1) is 18.8. The van der Waals surface area contributed by atoms with Crippen molar-refractivity contribution in [1.29, 1.82) is 0 Å². The maximum Gasteiger partial charge on any atom is 0.312 e. The minimum absolute atomic E-state index is 0.0489. The van der Waals surface area contributed by atoms with E-state index in [4.69, 9.17) is 9.84 Å². The molecule has 0 spiro atoms. The topological polar surface area (TPSA) is 137 Å². The molecule has 0 aliphatic carbocycles. The maximum absolute atomic E-state index is 12.3. The number of carboxylic acid groups (broad SMARTS) is 1. The lowest BCUT2D eigenvalue weighted by molar-refractivity contribution is -0.386. The third kappa shape index (κ3) is 4.53. The van der Waals surface area contributed by atoms with E-state index >= 15 is 0 Å². The van der Waals surface area contributed by atoms with Crippen LogP contribution in [-0.4, -0.2) is 50.4 Å². The van der Waals surface area contributed by atoms with Crippen LogP contribution >= 0.6 is 0 Å². The quantitative estimate of drug-likeness (QED) is 0.549. The number of carbonyl (C=O) groups excluding carboxylic acids is 1. The summed E-state index contributed by atoms with van der Waals surface area (Å²) in [6.07, 6.45) is 0.779. The lowest BCUT2D eigenvalue weighted by Crippen LogP contribution is -2.53. The molecule has 138 valence electrons. The van der Waals surface area contributed by atoms with Crippen molar-refractivity contribution >= 4 is 17.6 Å². The first-order valence-electron chi connectivity index (χ1n) is 8.03. The Morgan fingerprint density at radius 1 is 1.40 bits per heavy atom.